The molecule has 0 radical (unpaired) electrons. The number of alkyl carbamates (subject to hydrolysis) is 1. The van der Waals surface area contributed by atoms with Crippen LogP contribution in [0.25, 0.3) is 0 Å². The molecule has 1 aromatic carbocycles. The second-order valence-electron chi connectivity index (χ2n) is 12.3. The van der Waals surface area contributed by atoms with E-state index < -0.39 is 28.7 Å². The van der Waals surface area contributed by atoms with Gasteiger partial charge in [-0.15, -0.1) is 0 Å². The van der Waals surface area contributed by atoms with Gasteiger partial charge in [0.05, 0.1) is 12.1 Å². The van der Waals surface area contributed by atoms with Crippen LogP contribution in [-0.2, 0) is 20.6 Å². The van der Waals surface area contributed by atoms with E-state index in [-0.39, 0.29) is 34.7 Å². The minimum atomic E-state index is -2.17. The summed E-state index contributed by atoms with van der Waals surface area (Å²) < 4.78 is 14.2. The quantitative estimate of drug-likeness (QED) is 0.380. The molecule has 0 unspecified atom stereocenters. The molecule has 1 aliphatic rings. The molecule has 1 saturated heterocycles. The number of hydrogen-bond donors (Lipinski definition) is 1. The summed E-state index contributed by atoms with van der Waals surface area (Å²) in [7, 11) is -4.23. The van der Waals surface area contributed by atoms with Crippen LogP contribution in [0.2, 0.25) is 36.3 Å². The minimum absolute atomic E-state index is 0.0175. The first-order valence-electron chi connectivity index (χ1n) is 11.9. The number of benzene rings is 1. The zero-order chi connectivity index (χ0) is 25.4. The van der Waals surface area contributed by atoms with Crippen LogP contribution in [0.3, 0.4) is 0 Å². The van der Waals surface area contributed by atoms with Gasteiger partial charge in [0.1, 0.15) is 12.6 Å². The predicted octanol–water partition coefficient (Wildman–Crippen LogP) is 5.91. The molecular formula is C25H44N2O4Si2. The summed E-state index contributed by atoms with van der Waals surface area (Å²) in [6.07, 6.45) is -0.770. The van der Waals surface area contributed by atoms with Crippen molar-refractivity contribution in [2.75, 3.05) is 0 Å². The van der Waals surface area contributed by atoms with Crippen LogP contribution < -0.4 is 5.32 Å². The number of carbonyl (C=O) groups is 2. The number of amides is 2. The Balaban J connectivity index is 2.23. The number of β-lactam (4-membered cyclic amide) rings is 1. The van der Waals surface area contributed by atoms with E-state index in [1.54, 1.807) is 0 Å². The molecule has 1 aliphatic heterocycles. The molecule has 6 nitrogen and oxygen atoms in total. The van der Waals surface area contributed by atoms with Gasteiger partial charge in [-0.05, 0) is 35.7 Å². The zero-order valence-electron chi connectivity index (χ0n) is 22.4. The van der Waals surface area contributed by atoms with Crippen LogP contribution >= 0.6 is 0 Å². The van der Waals surface area contributed by atoms with Crippen LogP contribution in [0.5, 0.6) is 0 Å². The number of ether oxygens (including phenoxy) is 1. The second-order valence-corrected chi connectivity index (χ2v) is 22.1. The first-order valence-corrected chi connectivity index (χ1v) is 17.7. The molecule has 2 rings (SSSR count). The summed E-state index contributed by atoms with van der Waals surface area (Å²) in [5, 5.41) is 2.88. The molecule has 1 aromatic rings. The molecule has 0 aliphatic carbocycles. The van der Waals surface area contributed by atoms with E-state index in [1.807, 2.05) is 41.8 Å². The van der Waals surface area contributed by atoms with Gasteiger partial charge in [-0.25, -0.2) is 4.79 Å². The van der Waals surface area contributed by atoms with E-state index in [2.05, 4.69) is 73.0 Å². The molecule has 0 bridgehead atoms. The van der Waals surface area contributed by atoms with Crippen LogP contribution in [0.15, 0.2) is 30.3 Å². The topological polar surface area (TPSA) is 67.9 Å². The normalized spacial score (nSPS) is 20.8. The Bertz CT molecular complexity index is 844. The number of hydrogen-bond acceptors (Lipinski definition) is 4. The summed E-state index contributed by atoms with van der Waals surface area (Å²) in [5.74, 6) is -0.0334. The van der Waals surface area contributed by atoms with Crippen LogP contribution in [0.1, 0.15) is 54.0 Å². The zero-order valence-corrected chi connectivity index (χ0v) is 24.4. The maximum Gasteiger partial charge on any atom is 0.408 e. The van der Waals surface area contributed by atoms with E-state index in [9.17, 15) is 9.59 Å². The van der Waals surface area contributed by atoms with Crippen LogP contribution in [-0.4, -0.2) is 51.3 Å². The third-order valence-electron chi connectivity index (χ3n) is 7.83. The summed E-state index contributed by atoms with van der Waals surface area (Å²) in [5.41, 5.74) is 0.904. The van der Waals surface area contributed by atoms with Gasteiger partial charge in [0.15, 0.2) is 16.6 Å². The van der Waals surface area contributed by atoms with E-state index in [1.165, 1.54) is 0 Å². The average molecular weight is 493 g/mol. The standard InChI is InChI=1S/C25H44N2O4Si2/c1-18(31-33(10,11)25(5,6)7)21-20(22(28)27(21)32(8,9)24(2,3)4)26-23(29)30-17-19-15-13-12-14-16-19/h12-16,18,20-21H,17H2,1-11H3,(H,26,29)/t18-,20+,21+/m0/s1. The molecule has 1 fully saturated rings. The Morgan fingerprint density at radius 2 is 1.58 bits per heavy atom. The Morgan fingerprint density at radius 3 is 2.06 bits per heavy atom. The van der Waals surface area contributed by atoms with Gasteiger partial charge in [0, 0.05) is 0 Å². The first-order chi connectivity index (χ1) is 14.9. The van der Waals surface area contributed by atoms with Crippen molar-refractivity contribution in [2.24, 2.45) is 0 Å². The van der Waals surface area contributed by atoms with Crippen molar-refractivity contribution >= 4 is 28.6 Å². The van der Waals surface area contributed by atoms with Crippen molar-refractivity contribution in [1.29, 1.82) is 0 Å². The molecule has 1 N–H and O–H groups in total. The molecule has 8 heteroatoms. The molecule has 3 atom stereocenters. The Labute approximate surface area is 202 Å². The lowest BCUT2D eigenvalue weighted by molar-refractivity contribution is -0.148. The fraction of sp³-hybridized carbons (Fsp3) is 0.680. The number of rotatable bonds is 7. The highest BCUT2D eigenvalue weighted by Gasteiger charge is 2.60. The molecular weight excluding hydrogens is 448 g/mol. The maximum absolute atomic E-state index is 13.4. The smallest absolute Gasteiger partial charge is 0.408 e. The molecule has 0 aromatic heterocycles. The number of carbonyl (C=O) groups excluding carboxylic acids is 2. The van der Waals surface area contributed by atoms with E-state index in [4.69, 9.17) is 9.16 Å². The van der Waals surface area contributed by atoms with Crippen LogP contribution in [0, 0.1) is 0 Å². The van der Waals surface area contributed by atoms with Gasteiger partial charge in [-0.1, -0.05) is 85.0 Å². The van der Waals surface area contributed by atoms with Crippen molar-refractivity contribution in [2.45, 2.75) is 110 Å². The van der Waals surface area contributed by atoms with Crippen molar-refractivity contribution in [3.05, 3.63) is 35.9 Å². The van der Waals surface area contributed by atoms with Gasteiger partial charge in [-0.3, -0.25) is 4.79 Å². The number of nitrogens with one attached hydrogen (secondary N) is 1. The van der Waals surface area contributed by atoms with Gasteiger partial charge in [0.2, 0.25) is 5.91 Å². The highest BCUT2D eigenvalue weighted by Crippen LogP contribution is 2.45. The summed E-state index contributed by atoms with van der Waals surface area (Å²) >= 11 is 0. The highest BCUT2D eigenvalue weighted by molar-refractivity contribution is 6.80. The largest absolute Gasteiger partial charge is 0.445 e. The average Bonchev–Trinajstić information content (AvgIpc) is 2.66. The number of nitrogens with zero attached hydrogens (tertiary/aromatic N) is 1. The lowest BCUT2D eigenvalue weighted by Gasteiger charge is -2.60. The second kappa shape index (κ2) is 9.54. The minimum Gasteiger partial charge on any atom is -0.445 e. The van der Waals surface area contributed by atoms with Crippen molar-refractivity contribution in [3.63, 3.8) is 0 Å². The molecule has 1 heterocycles. The summed E-state index contributed by atoms with van der Waals surface area (Å²) in [6, 6.07) is 8.68. The molecule has 186 valence electrons. The SMILES string of the molecule is C[C@H](O[Si](C)(C)C(C)(C)C)[C@@H]1[C@@H](NC(=O)OCc2ccccc2)C(=O)N1[Si](C)(C)C(C)(C)C. The van der Waals surface area contributed by atoms with E-state index >= 15 is 0 Å². The third kappa shape index (κ3) is 5.89. The summed E-state index contributed by atoms with van der Waals surface area (Å²) in [6.45, 7) is 24.3. The molecule has 33 heavy (non-hydrogen) atoms. The van der Waals surface area contributed by atoms with Gasteiger partial charge in [0.25, 0.3) is 0 Å². The molecule has 2 amide bonds. The molecule has 0 saturated carbocycles. The highest BCUT2D eigenvalue weighted by atomic mass is 28.4. The van der Waals surface area contributed by atoms with E-state index in [0.717, 1.165) is 5.56 Å². The lowest BCUT2D eigenvalue weighted by atomic mass is 9.94. The maximum atomic E-state index is 13.4. The van der Waals surface area contributed by atoms with Crippen molar-refractivity contribution in [3.8, 4) is 0 Å². The monoisotopic (exact) mass is 492 g/mol. The van der Waals surface area contributed by atoms with Gasteiger partial charge < -0.3 is 19.0 Å². The summed E-state index contributed by atoms with van der Waals surface area (Å²) in [4.78, 5) is 26.0. The molecule has 0 spiro atoms. The predicted molar refractivity (Wildman–Crippen MR) is 139 cm³/mol. The Kier molecular flexibility index (Phi) is 7.98. The Morgan fingerprint density at radius 1 is 1.03 bits per heavy atom. The van der Waals surface area contributed by atoms with Crippen molar-refractivity contribution in [1.82, 2.24) is 9.88 Å². The van der Waals surface area contributed by atoms with E-state index in [0.29, 0.717) is 0 Å². The van der Waals surface area contributed by atoms with Crippen LogP contribution in [0.4, 0.5) is 4.79 Å². The Hall–Kier alpha value is -1.65. The van der Waals surface area contributed by atoms with Gasteiger partial charge >= 0.3 is 6.09 Å². The van der Waals surface area contributed by atoms with Crippen molar-refractivity contribution < 1.29 is 18.8 Å². The fourth-order valence-electron chi connectivity index (χ4n) is 3.75. The first kappa shape index (κ1) is 27.6. The lowest BCUT2D eigenvalue weighted by Crippen LogP contribution is -2.81. The van der Waals surface area contributed by atoms with Gasteiger partial charge in [-0.2, -0.15) is 0 Å². The fourth-order valence-corrected chi connectivity index (χ4v) is 7.69. The third-order valence-corrected chi connectivity index (χ3v) is 17.8.